The molecule has 0 aliphatic rings. The third kappa shape index (κ3) is 3.99. The number of anilines is 1. The van der Waals surface area contributed by atoms with Crippen LogP contribution in [0.1, 0.15) is 0 Å². The maximum Gasteiger partial charge on any atom is 0.263 e. The Balaban J connectivity index is 1.40. The number of nitrogens with zero attached hydrogens (tertiary/aromatic N) is 4. The molecule has 10 heteroatoms. The summed E-state index contributed by atoms with van der Waals surface area (Å²) >= 11 is 4.47. The predicted molar refractivity (Wildman–Crippen MR) is 130 cm³/mol. The second-order valence-electron chi connectivity index (χ2n) is 6.95. The predicted octanol–water partition coefficient (Wildman–Crippen LogP) is 4.71. The van der Waals surface area contributed by atoms with Gasteiger partial charge in [0.25, 0.3) is 5.56 Å². The first kappa shape index (κ1) is 20.7. The van der Waals surface area contributed by atoms with Crippen molar-refractivity contribution < 1.29 is 4.79 Å². The lowest BCUT2D eigenvalue weighted by Gasteiger charge is -2.11. The third-order valence-corrected chi connectivity index (χ3v) is 7.74. The number of carbonyl (C=O) groups excluding carboxylic acids is 1. The van der Waals surface area contributed by atoms with Crippen molar-refractivity contribution in [3.8, 4) is 10.4 Å². The van der Waals surface area contributed by atoms with Crippen molar-refractivity contribution in [1.29, 1.82) is 0 Å². The molecule has 0 saturated carbocycles. The molecule has 0 atom stereocenters. The van der Waals surface area contributed by atoms with Crippen molar-refractivity contribution in [2.45, 2.75) is 16.6 Å². The Morgan fingerprint density at radius 2 is 2.03 bits per heavy atom. The van der Waals surface area contributed by atoms with Crippen molar-refractivity contribution in [1.82, 2.24) is 19.1 Å². The van der Waals surface area contributed by atoms with Gasteiger partial charge in [0.05, 0.1) is 17.4 Å². The van der Waals surface area contributed by atoms with E-state index >= 15 is 0 Å². The molecule has 4 aromatic heterocycles. The van der Waals surface area contributed by atoms with Crippen LogP contribution < -0.4 is 10.9 Å². The molecule has 5 aromatic rings. The van der Waals surface area contributed by atoms with Gasteiger partial charge in [-0.25, -0.2) is 9.97 Å². The molecule has 0 aliphatic heterocycles. The number of hydrogen-bond acceptors (Lipinski definition) is 7. The van der Waals surface area contributed by atoms with Gasteiger partial charge in [0.1, 0.15) is 11.4 Å². The van der Waals surface area contributed by atoms with Crippen LogP contribution in [-0.2, 0) is 18.4 Å². The fourth-order valence-corrected chi connectivity index (χ4v) is 5.86. The van der Waals surface area contributed by atoms with E-state index < -0.39 is 0 Å². The van der Waals surface area contributed by atoms with Crippen LogP contribution in [0.3, 0.4) is 0 Å². The minimum atomic E-state index is -0.297. The summed E-state index contributed by atoms with van der Waals surface area (Å²) in [5, 5.41) is 8.21. The van der Waals surface area contributed by atoms with Crippen molar-refractivity contribution in [3.63, 3.8) is 0 Å². The maximum atomic E-state index is 13.1. The Morgan fingerprint density at radius 3 is 2.81 bits per heavy atom. The van der Waals surface area contributed by atoms with E-state index in [0.717, 1.165) is 20.5 Å². The summed E-state index contributed by atoms with van der Waals surface area (Å²) in [7, 11) is 1.92. The van der Waals surface area contributed by atoms with Crippen LogP contribution in [0.15, 0.2) is 80.7 Å². The van der Waals surface area contributed by atoms with Crippen molar-refractivity contribution >= 4 is 56.2 Å². The minimum absolute atomic E-state index is 0.122. The smallest absolute Gasteiger partial charge is 0.263 e. The molecular formula is C22H17N5O2S3. The van der Waals surface area contributed by atoms with Gasteiger partial charge in [-0.05, 0) is 35.3 Å². The summed E-state index contributed by atoms with van der Waals surface area (Å²) in [6.45, 7) is -0.122. The molecule has 32 heavy (non-hydrogen) atoms. The van der Waals surface area contributed by atoms with E-state index in [9.17, 15) is 9.59 Å². The van der Waals surface area contributed by atoms with Gasteiger partial charge in [0.2, 0.25) is 5.91 Å². The molecule has 4 heterocycles. The molecule has 1 amide bonds. The van der Waals surface area contributed by atoms with E-state index in [1.807, 2.05) is 65.0 Å². The number of fused-ring (bicyclic) bond motifs is 1. The number of imidazole rings is 1. The van der Waals surface area contributed by atoms with Gasteiger partial charge in [-0.1, -0.05) is 18.2 Å². The van der Waals surface area contributed by atoms with E-state index in [4.69, 9.17) is 0 Å². The summed E-state index contributed by atoms with van der Waals surface area (Å²) in [6, 6.07) is 11.5. The van der Waals surface area contributed by atoms with Crippen LogP contribution >= 0.6 is 34.4 Å². The van der Waals surface area contributed by atoms with Crippen LogP contribution in [0.25, 0.3) is 20.7 Å². The number of carbonyl (C=O) groups is 1. The highest BCUT2D eigenvalue weighted by molar-refractivity contribution is 7.99. The minimum Gasteiger partial charge on any atom is -0.329 e. The fraction of sp³-hybridized carbons (Fsp3) is 0.0909. The molecule has 0 spiro atoms. The number of aromatic nitrogens is 4. The zero-order chi connectivity index (χ0) is 22.1. The van der Waals surface area contributed by atoms with Crippen molar-refractivity contribution in [3.05, 3.63) is 76.2 Å². The Hall–Kier alpha value is -3.21. The average Bonchev–Trinajstić information content (AvgIpc) is 3.53. The van der Waals surface area contributed by atoms with Gasteiger partial charge in [0.15, 0.2) is 5.16 Å². The number of benzene rings is 1. The van der Waals surface area contributed by atoms with Crippen LogP contribution in [0.5, 0.6) is 0 Å². The van der Waals surface area contributed by atoms with Gasteiger partial charge in [-0.15, -0.1) is 22.7 Å². The Labute approximate surface area is 195 Å². The second kappa shape index (κ2) is 8.73. The fourth-order valence-electron chi connectivity index (χ4n) is 3.25. The van der Waals surface area contributed by atoms with Crippen LogP contribution in [0, 0.1) is 0 Å². The van der Waals surface area contributed by atoms with Gasteiger partial charge >= 0.3 is 0 Å². The SMILES string of the molecule is Cn1ccnc1Sc1ccccc1NC(=O)Cn1cnc2scc(-c3cccs3)c2c1=O. The van der Waals surface area contributed by atoms with E-state index in [-0.39, 0.29) is 18.0 Å². The summed E-state index contributed by atoms with van der Waals surface area (Å²) in [6.07, 6.45) is 5.04. The Kier molecular flexibility index (Phi) is 5.64. The average molecular weight is 480 g/mol. The summed E-state index contributed by atoms with van der Waals surface area (Å²) in [4.78, 5) is 37.2. The van der Waals surface area contributed by atoms with Gasteiger partial charge < -0.3 is 9.88 Å². The molecule has 0 bridgehead atoms. The largest absolute Gasteiger partial charge is 0.329 e. The number of amides is 1. The highest BCUT2D eigenvalue weighted by atomic mass is 32.2. The Morgan fingerprint density at radius 1 is 1.16 bits per heavy atom. The molecule has 0 aliphatic carbocycles. The normalized spacial score (nSPS) is 11.2. The van der Waals surface area contributed by atoms with Gasteiger partial charge in [0, 0.05) is 40.2 Å². The van der Waals surface area contributed by atoms with Crippen molar-refractivity contribution in [2.24, 2.45) is 7.05 Å². The molecule has 1 N–H and O–H groups in total. The zero-order valence-corrected chi connectivity index (χ0v) is 19.3. The quantitative estimate of drug-likeness (QED) is 0.381. The monoisotopic (exact) mass is 479 g/mol. The van der Waals surface area contributed by atoms with E-state index in [0.29, 0.717) is 15.9 Å². The highest BCUT2D eigenvalue weighted by Gasteiger charge is 2.16. The maximum absolute atomic E-state index is 13.1. The lowest BCUT2D eigenvalue weighted by Crippen LogP contribution is -2.27. The van der Waals surface area contributed by atoms with E-state index in [1.54, 1.807) is 17.5 Å². The number of aryl methyl sites for hydroxylation is 1. The summed E-state index contributed by atoms with van der Waals surface area (Å²) in [5.74, 6) is -0.297. The molecule has 0 fully saturated rings. The van der Waals surface area contributed by atoms with Crippen LogP contribution in [0.2, 0.25) is 0 Å². The Bertz CT molecular complexity index is 1470. The summed E-state index contributed by atoms with van der Waals surface area (Å²) < 4.78 is 3.27. The molecule has 160 valence electrons. The van der Waals surface area contributed by atoms with Crippen LogP contribution in [-0.4, -0.2) is 25.0 Å². The first-order valence-electron chi connectivity index (χ1n) is 9.65. The zero-order valence-electron chi connectivity index (χ0n) is 16.9. The lowest BCUT2D eigenvalue weighted by molar-refractivity contribution is -0.116. The molecule has 1 aromatic carbocycles. The van der Waals surface area contributed by atoms with Crippen molar-refractivity contribution in [2.75, 3.05) is 5.32 Å². The molecule has 0 saturated heterocycles. The third-order valence-electron chi connectivity index (χ3n) is 4.80. The number of para-hydroxylation sites is 1. The number of thiophene rings is 2. The number of nitrogens with one attached hydrogen (secondary N) is 1. The molecule has 7 nitrogen and oxygen atoms in total. The first-order valence-corrected chi connectivity index (χ1v) is 12.2. The number of rotatable bonds is 6. The summed E-state index contributed by atoms with van der Waals surface area (Å²) in [5.41, 5.74) is 1.32. The first-order chi connectivity index (χ1) is 15.6. The van der Waals surface area contributed by atoms with E-state index in [2.05, 4.69) is 15.3 Å². The second-order valence-corrected chi connectivity index (χ2v) is 9.77. The molecule has 5 rings (SSSR count). The van der Waals surface area contributed by atoms with E-state index in [1.165, 1.54) is 34.0 Å². The number of hydrogen-bond donors (Lipinski definition) is 1. The topological polar surface area (TPSA) is 81.8 Å². The van der Waals surface area contributed by atoms with Gasteiger partial charge in [-0.2, -0.15) is 0 Å². The lowest BCUT2D eigenvalue weighted by atomic mass is 10.2. The van der Waals surface area contributed by atoms with Gasteiger partial charge in [-0.3, -0.25) is 14.2 Å². The van der Waals surface area contributed by atoms with Crippen LogP contribution in [0.4, 0.5) is 5.69 Å². The highest BCUT2D eigenvalue weighted by Crippen LogP contribution is 2.34. The molecular weight excluding hydrogens is 462 g/mol. The standard InChI is InChI=1S/C22H17N5O2S3/c1-26-9-8-23-22(26)32-17-6-3-2-5-15(17)25-18(28)11-27-13-24-20-19(21(27)29)14(12-31-20)16-7-4-10-30-16/h2-10,12-13H,11H2,1H3,(H,25,28). The molecule has 0 unspecified atom stereocenters. The molecule has 0 radical (unpaired) electrons.